The molecule has 1 aliphatic carbocycles. The Hall–Kier alpha value is -3.16. The average molecular weight is 537 g/mol. The lowest BCUT2D eigenvalue weighted by Crippen LogP contribution is -2.40. The number of rotatable bonds is 7. The summed E-state index contributed by atoms with van der Waals surface area (Å²) in [6.45, 7) is 4.27. The molecule has 37 heavy (non-hydrogen) atoms. The molecule has 1 aliphatic rings. The third-order valence-corrected chi connectivity index (χ3v) is 7.66. The van der Waals surface area contributed by atoms with Crippen LogP contribution in [-0.2, 0) is 0 Å². The van der Waals surface area contributed by atoms with Gasteiger partial charge < -0.3 is 10.6 Å². The summed E-state index contributed by atoms with van der Waals surface area (Å²) >= 11 is 12.4. The molecular weight excluding hydrogens is 507 g/mol. The molecule has 0 unspecified atom stereocenters. The number of halogens is 2. The molecule has 2 heterocycles. The zero-order valence-corrected chi connectivity index (χ0v) is 22.4. The molecule has 5 rings (SSSR count). The van der Waals surface area contributed by atoms with Gasteiger partial charge in [0, 0.05) is 28.6 Å². The van der Waals surface area contributed by atoms with Crippen LogP contribution in [0.15, 0.2) is 54.7 Å². The summed E-state index contributed by atoms with van der Waals surface area (Å²) in [5.74, 6) is 1.73. The van der Waals surface area contributed by atoms with Crippen LogP contribution >= 0.6 is 23.2 Å². The van der Waals surface area contributed by atoms with Crippen molar-refractivity contribution in [3.05, 3.63) is 76.2 Å². The molecule has 0 bridgehead atoms. The maximum absolute atomic E-state index is 12.6. The van der Waals surface area contributed by atoms with Gasteiger partial charge in [-0.25, -0.2) is 14.6 Å². The Labute approximate surface area is 226 Å². The predicted molar refractivity (Wildman–Crippen MR) is 149 cm³/mol. The van der Waals surface area contributed by atoms with Gasteiger partial charge in [0.2, 0.25) is 0 Å². The number of para-hydroxylation sites is 1. The third-order valence-electron chi connectivity index (χ3n) is 7.09. The van der Waals surface area contributed by atoms with Gasteiger partial charge >= 0.3 is 0 Å². The van der Waals surface area contributed by atoms with Crippen molar-refractivity contribution in [2.75, 3.05) is 5.32 Å². The fourth-order valence-corrected chi connectivity index (χ4v) is 5.02. The highest BCUT2D eigenvalue weighted by Crippen LogP contribution is 2.30. The number of benzene rings is 2. The first-order chi connectivity index (χ1) is 17.9. The smallest absolute Gasteiger partial charge is 0.251 e. The fourth-order valence-electron chi connectivity index (χ4n) is 4.68. The van der Waals surface area contributed by atoms with Gasteiger partial charge in [0.05, 0.1) is 22.3 Å². The van der Waals surface area contributed by atoms with Crippen LogP contribution in [-0.4, -0.2) is 37.7 Å². The van der Waals surface area contributed by atoms with Crippen LogP contribution in [0.25, 0.3) is 16.7 Å². The van der Waals surface area contributed by atoms with Crippen LogP contribution in [0.2, 0.25) is 10.0 Å². The van der Waals surface area contributed by atoms with E-state index in [0.717, 1.165) is 60.5 Å². The Morgan fingerprint density at radius 2 is 1.73 bits per heavy atom. The van der Waals surface area contributed by atoms with E-state index in [1.165, 1.54) is 0 Å². The van der Waals surface area contributed by atoms with Crippen molar-refractivity contribution in [3.8, 4) is 5.69 Å². The standard InChI is InChI=1S/C28H30Cl2N6O/c1-3-17(2)25-34-26(22-16-31-36(27(22)35-25)24-7-5-4-6-23(24)30)32-20-12-14-21(15-13-20)33-28(37)18-8-10-19(29)11-9-18/h4-11,16-17,20-21H,3,12-15H2,1-2H3,(H,33,37)(H,32,34,35)/t17-,20?,21?/m0/s1. The van der Waals surface area contributed by atoms with Crippen molar-refractivity contribution in [3.63, 3.8) is 0 Å². The molecule has 0 aliphatic heterocycles. The van der Waals surface area contributed by atoms with Gasteiger partial charge in [-0.05, 0) is 68.5 Å². The number of anilines is 1. The van der Waals surface area contributed by atoms with E-state index in [2.05, 4.69) is 29.6 Å². The van der Waals surface area contributed by atoms with Gasteiger partial charge in [0.25, 0.3) is 5.91 Å². The highest BCUT2D eigenvalue weighted by Gasteiger charge is 2.25. The molecular formula is C28H30Cl2N6O. The van der Waals surface area contributed by atoms with Crippen molar-refractivity contribution in [2.24, 2.45) is 0 Å². The Balaban J connectivity index is 1.33. The summed E-state index contributed by atoms with van der Waals surface area (Å²) in [7, 11) is 0. The summed E-state index contributed by atoms with van der Waals surface area (Å²) in [6.07, 6.45) is 6.37. The number of nitrogens with zero attached hydrogens (tertiary/aromatic N) is 4. The monoisotopic (exact) mass is 536 g/mol. The molecule has 0 radical (unpaired) electrons. The highest BCUT2D eigenvalue weighted by atomic mass is 35.5. The van der Waals surface area contributed by atoms with E-state index in [9.17, 15) is 4.79 Å². The van der Waals surface area contributed by atoms with Gasteiger partial charge in [-0.1, -0.05) is 49.2 Å². The minimum atomic E-state index is -0.0595. The number of hydrogen-bond acceptors (Lipinski definition) is 5. The van der Waals surface area contributed by atoms with Crippen LogP contribution < -0.4 is 10.6 Å². The summed E-state index contributed by atoms with van der Waals surface area (Å²) < 4.78 is 1.79. The molecule has 1 amide bonds. The van der Waals surface area contributed by atoms with Crippen molar-refractivity contribution < 1.29 is 4.79 Å². The molecule has 4 aromatic rings. The van der Waals surface area contributed by atoms with Gasteiger partial charge in [-0.3, -0.25) is 4.79 Å². The zero-order chi connectivity index (χ0) is 25.9. The van der Waals surface area contributed by atoms with E-state index in [1.54, 1.807) is 35.1 Å². The molecule has 2 N–H and O–H groups in total. The summed E-state index contributed by atoms with van der Waals surface area (Å²) in [4.78, 5) is 22.4. The summed E-state index contributed by atoms with van der Waals surface area (Å²) in [6, 6.07) is 15.0. The SMILES string of the molecule is CC[C@H](C)c1nc(NC2CCC(NC(=O)c3ccc(Cl)cc3)CC2)c2cnn(-c3ccccc3Cl)c2n1. The Morgan fingerprint density at radius 3 is 2.43 bits per heavy atom. The molecule has 0 saturated heterocycles. The van der Waals surface area contributed by atoms with Crippen LogP contribution in [0.3, 0.4) is 0 Å². The lowest BCUT2D eigenvalue weighted by atomic mass is 9.91. The summed E-state index contributed by atoms with van der Waals surface area (Å²) in [5.41, 5.74) is 2.15. The molecule has 0 spiro atoms. The number of fused-ring (bicyclic) bond motifs is 1. The Bertz CT molecular complexity index is 1400. The second-order valence-electron chi connectivity index (χ2n) is 9.66. The number of amides is 1. The number of hydrogen-bond donors (Lipinski definition) is 2. The largest absolute Gasteiger partial charge is 0.367 e. The summed E-state index contributed by atoms with van der Waals surface area (Å²) in [5, 5.41) is 13.6. The molecule has 2 aromatic heterocycles. The van der Waals surface area contributed by atoms with Crippen molar-refractivity contribution in [1.29, 1.82) is 0 Å². The minimum absolute atomic E-state index is 0.0595. The van der Waals surface area contributed by atoms with Crippen LogP contribution in [0.1, 0.15) is 68.1 Å². The Morgan fingerprint density at radius 1 is 1.03 bits per heavy atom. The van der Waals surface area contributed by atoms with Gasteiger partial charge in [0.1, 0.15) is 11.6 Å². The third kappa shape index (κ3) is 5.58. The lowest BCUT2D eigenvalue weighted by Gasteiger charge is -2.30. The van der Waals surface area contributed by atoms with E-state index >= 15 is 0 Å². The number of carbonyl (C=O) groups excluding carboxylic acids is 1. The van der Waals surface area contributed by atoms with E-state index < -0.39 is 0 Å². The fraction of sp³-hybridized carbons (Fsp3) is 0.357. The van der Waals surface area contributed by atoms with Gasteiger partial charge in [-0.15, -0.1) is 0 Å². The molecule has 192 valence electrons. The van der Waals surface area contributed by atoms with Crippen molar-refractivity contribution in [1.82, 2.24) is 25.1 Å². The lowest BCUT2D eigenvalue weighted by molar-refractivity contribution is 0.0926. The topological polar surface area (TPSA) is 84.7 Å². The van der Waals surface area contributed by atoms with Gasteiger partial charge in [-0.2, -0.15) is 5.10 Å². The number of nitrogens with one attached hydrogen (secondary N) is 2. The molecule has 9 heteroatoms. The van der Waals surface area contributed by atoms with Crippen LogP contribution in [0.5, 0.6) is 0 Å². The van der Waals surface area contributed by atoms with Crippen molar-refractivity contribution in [2.45, 2.75) is 64.0 Å². The molecule has 1 saturated carbocycles. The van der Waals surface area contributed by atoms with Crippen molar-refractivity contribution >= 4 is 46.0 Å². The second-order valence-corrected chi connectivity index (χ2v) is 10.5. The molecule has 1 fully saturated rings. The second kappa shape index (κ2) is 11.1. The highest BCUT2D eigenvalue weighted by molar-refractivity contribution is 6.32. The minimum Gasteiger partial charge on any atom is -0.367 e. The van der Waals surface area contributed by atoms with Crippen LogP contribution in [0.4, 0.5) is 5.82 Å². The number of aromatic nitrogens is 4. The van der Waals surface area contributed by atoms with Gasteiger partial charge in [0.15, 0.2) is 5.65 Å². The van der Waals surface area contributed by atoms with E-state index in [1.807, 2.05) is 24.3 Å². The quantitative estimate of drug-likeness (QED) is 0.271. The first-order valence-electron chi connectivity index (χ1n) is 12.8. The normalized spacial score (nSPS) is 18.5. The van der Waals surface area contributed by atoms with E-state index in [-0.39, 0.29) is 23.9 Å². The maximum Gasteiger partial charge on any atom is 0.251 e. The zero-order valence-electron chi connectivity index (χ0n) is 20.9. The Kier molecular flexibility index (Phi) is 7.63. The maximum atomic E-state index is 12.6. The first-order valence-corrected chi connectivity index (χ1v) is 13.5. The predicted octanol–water partition coefficient (Wildman–Crippen LogP) is 6.79. The molecule has 1 atom stereocenters. The molecule has 2 aromatic carbocycles. The van der Waals surface area contributed by atoms with E-state index in [4.69, 9.17) is 33.2 Å². The average Bonchev–Trinajstić information content (AvgIpc) is 3.34. The van der Waals surface area contributed by atoms with E-state index in [0.29, 0.717) is 15.6 Å². The first kappa shape index (κ1) is 25.5. The van der Waals surface area contributed by atoms with Crippen LogP contribution in [0, 0.1) is 0 Å². The number of carbonyl (C=O) groups is 1. The molecule has 7 nitrogen and oxygen atoms in total.